The number of carbonyl (C=O) groups is 1. The van der Waals surface area contributed by atoms with Crippen molar-refractivity contribution in [2.75, 3.05) is 0 Å². The fourth-order valence-electron chi connectivity index (χ4n) is 5.68. The van der Waals surface area contributed by atoms with Crippen molar-refractivity contribution in [2.45, 2.75) is 36.8 Å². The number of benzene rings is 3. The monoisotopic (exact) mass is 501 g/mol. The van der Waals surface area contributed by atoms with E-state index in [1.807, 2.05) is 55.5 Å². The summed E-state index contributed by atoms with van der Waals surface area (Å²) in [6.07, 6.45) is -5.13. The van der Waals surface area contributed by atoms with Crippen LogP contribution in [0.25, 0.3) is 0 Å². The highest BCUT2D eigenvalue weighted by atomic mass is 32.2. The Kier molecular flexibility index (Phi) is 5.34. The minimum Gasteiger partial charge on any atom is -0.744 e. The molecular weight excluding hydrogens is 481 g/mol. The number of ether oxygens (including phenoxy) is 1. The Labute approximate surface area is 200 Å². The van der Waals surface area contributed by atoms with Gasteiger partial charge in [-0.3, -0.25) is 4.79 Å². The van der Waals surface area contributed by atoms with Crippen molar-refractivity contribution < 1.29 is 35.7 Å². The highest BCUT2D eigenvalue weighted by Gasteiger charge is 2.51. The third kappa shape index (κ3) is 3.73. The molecule has 0 saturated carbocycles. The third-order valence-electron chi connectivity index (χ3n) is 7.12. The summed E-state index contributed by atoms with van der Waals surface area (Å²) in [5.41, 5.74) is 2.49. The first-order valence-electron chi connectivity index (χ1n) is 11.0. The number of esters is 1. The second-order valence-electron chi connectivity index (χ2n) is 9.08. The van der Waals surface area contributed by atoms with E-state index >= 15 is 0 Å². The van der Waals surface area contributed by atoms with Gasteiger partial charge in [-0.05, 0) is 52.8 Å². The number of aryl methyl sites for hydroxylation is 1. The molecule has 0 fully saturated rings. The molecule has 3 aromatic rings. The Hall–Kier alpha value is -3.17. The fraction of sp³-hybridized carbons (Fsp3) is 0.269. The number of alkyl halides is 3. The van der Waals surface area contributed by atoms with Crippen LogP contribution in [0.3, 0.4) is 0 Å². The molecule has 0 radical (unpaired) electrons. The molecular formula is C26H20F3O5S-. The molecule has 6 rings (SSSR count). The first-order valence-corrected chi connectivity index (χ1v) is 12.4. The average Bonchev–Trinajstić information content (AvgIpc) is 2.78. The lowest BCUT2D eigenvalue weighted by Gasteiger charge is -2.48. The SMILES string of the molecule is Cc1cc(S(=O)(=O)[O-])c(C(F)(F)F)cc1OC(=O)C1C2c3ccccc3C(c3ccccc32)C1C. The molecule has 3 aliphatic carbocycles. The van der Waals surface area contributed by atoms with Crippen molar-refractivity contribution in [1.82, 2.24) is 0 Å². The van der Waals surface area contributed by atoms with Crippen LogP contribution >= 0.6 is 0 Å². The molecule has 0 amide bonds. The molecule has 2 bridgehead atoms. The summed E-state index contributed by atoms with van der Waals surface area (Å²) in [6, 6.07) is 16.7. The second kappa shape index (κ2) is 7.93. The molecule has 2 atom stereocenters. The van der Waals surface area contributed by atoms with Crippen molar-refractivity contribution in [2.24, 2.45) is 11.8 Å². The number of rotatable bonds is 3. The van der Waals surface area contributed by atoms with Crippen molar-refractivity contribution in [3.05, 3.63) is 94.0 Å². The van der Waals surface area contributed by atoms with Gasteiger partial charge in [-0.15, -0.1) is 0 Å². The summed E-state index contributed by atoms with van der Waals surface area (Å²) in [6.45, 7) is 3.22. The summed E-state index contributed by atoms with van der Waals surface area (Å²) in [5.74, 6) is -2.40. The Bertz CT molecular complexity index is 1410. The van der Waals surface area contributed by atoms with Crippen LogP contribution in [0.1, 0.15) is 52.1 Å². The number of carbonyl (C=O) groups excluding carboxylic acids is 1. The van der Waals surface area contributed by atoms with Crippen LogP contribution in [0.4, 0.5) is 13.2 Å². The van der Waals surface area contributed by atoms with E-state index in [-0.39, 0.29) is 23.3 Å². The average molecular weight is 502 g/mol. The van der Waals surface area contributed by atoms with Gasteiger partial charge in [-0.2, -0.15) is 13.2 Å². The minimum atomic E-state index is -5.40. The summed E-state index contributed by atoms with van der Waals surface area (Å²) in [4.78, 5) is 12.1. The van der Waals surface area contributed by atoms with Gasteiger partial charge in [0.05, 0.1) is 16.4 Å². The first-order chi connectivity index (χ1) is 16.4. The van der Waals surface area contributed by atoms with Crippen LogP contribution < -0.4 is 4.74 Å². The molecule has 0 aliphatic heterocycles. The maximum atomic E-state index is 13.6. The van der Waals surface area contributed by atoms with E-state index in [9.17, 15) is 30.9 Å². The summed E-state index contributed by atoms with van der Waals surface area (Å²) >= 11 is 0. The van der Waals surface area contributed by atoms with Crippen LogP contribution in [-0.2, 0) is 21.1 Å². The van der Waals surface area contributed by atoms with E-state index < -0.39 is 44.4 Å². The molecule has 2 unspecified atom stereocenters. The zero-order valence-electron chi connectivity index (χ0n) is 18.7. The predicted molar refractivity (Wildman–Crippen MR) is 119 cm³/mol. The van der Waals surface area contributed by atoms with Gasteiger partial charge in [0.25, 0.3) is 0 Å². The normalized spacial score (nSPS) is 22.9. The van der Waals surface area contributed by atoms with E-state index in [0.29, 0.717) is 12.1 Å². The predicted octanol–water partition coefficient (Wildman–Crippen LogP) is 5.37. The molecule has 0 spiro atoms. The van der Waals surface area contributed by atoms with E-state index in [1.165, 1.54) is 6.92 Å². The van der Waals surface area contributed by atoms with Gasteiger partial charge in [0.15, 0.2) is 0 Å². The van der Waals surface area contributed by atoms with Crippen LogP contribution in [-0.4, -0.2) is 18.9 Å². The highest BCUT2D eigenvalue weighted by Crippen LogP contribution is 2.58. The zero-order valence-corrected chi connectivity index (χ0v) is 19.5. The minimum absolute atomic E-state index is 0.0600. The standard InChI is InChI=1S/C26H21F3O5S/c1-13-11-21(35(31,32)33)19(26(27,28)29)12-20(13)34-25(30)23-14(2)22-15-7-3-5-9-17(15)24(23)18-10-6-4-8-16(18)22/h3-12,14,22-24H,1-2H3,(H,31,32,33)/p-1. The summed E-state index contributed by atoms with van der Waals surface area (Å²) < 4.78 is 80.5. The Morgan fingerprint density at radius 1 is 0.914 bits per heavy atom. The Morgan fingerprint density at radius 3 is 1.86 bits per heavy atom. The van der Waals surface area contributed by atoms with Gasteiger partial charge in [0.1, 0.15) is 15.9 Å². The van der Waals surface area contributed by atoms with Crippen molar-refractivity contribution in [3.8, 4) is 5.75 Å². The Balaban J connectivity index is 1.58. The molecule has 35 heavy (non-hydrogen) atoms. The lowest BCUT2D eigenvalue weighted by molar-refractivity contribution is -0.144. The summed E-state index contributed by atoms with van der Waals surface area (Å²) in [7, 11) is -5.40. The van der Waals surface area contributed by atoms with Crippen LogP contribution in [0.2, 0.25) is 0 Å². The number of fused-ring (bicyclic) bond motifs is 1. The first kappa shape index (κ1) is 23.6. The molecule has 0 saturated heterocycles. The van der Waals surface area contributed by atoms with Crippen molar-refractivity contribution in [1.29, 1.82) is 0 Å². The smallest absolute Gasteiger partial charge is 0.417 e. The van der Waals surface area contributed by atoms with E-state index in [1.54, 1.807) is 0 Å². The number of hydrogen-bond acceptors (Lipinski definition) is 5. The van der Waals surface area contributed by atoms with E-state index in [2.05, 4.69) is 0 Å². The quantitative estimate of drug-likeness (QED) is 0.274. The topological polar surface area (TPSA) is 83.5 Å². The van der Waals surface area contributed by atoms with Gasteiger partial charge in [0, 0.05) is 11.8 Å². The van der Waals surface area contributed by atoms with Crippen LogP contribution in [0, 0.1) is 18.8 Å². The van der Waals surface area contributed by atoms with Gasteiger partial charge < -0.3 is 9.29 Å². The van der Waals surface area contributed by atoms with Crippen molar-refractivity contribution >= 4 is 16.1 Å². The number of halogens is 3. The maximum absolute atomic E-state index is 13.6. The summed E-state index contributed by atoms with van der Waals surface area (Å²) in [5, 5.41) is 0. The molecule has 5 nitrogen and oxygen atoms in total. The van der Waals surface area contributed by atoms with Gasteiger partial charge in [-0.1, -0.05) is 55.5 Å². The lowest BCUT2D eigenvalue weighted by atomic mass is 9.54. The van der Waals surface area contributed by atoms with Crippen LogP contribution in [0.15, 0.2) is 65.6 Å². The number of hydrogen-bond donors (Lipinski definition) is 0. The molecule has 0 aromatic heterocycles. The molecule has 182 valence electrons. The van der Waals surface area contributed by atoms with Crippen LogP contribution in [0.5, 0.6) is 5.75 Å². The largest absolute Gasteiger partial charge is 0.744 e. The second-order valence-corrected chi connectivity index (χ2v) is 10.4. The lowest BCUT2D eigenvalue weighted by Crippen LogP contribution is -2.44. The van der Waals surface area contributed by atoms with Crippen molar-refractivity contribution in [3.63, 3.8) is 0 Å². The van der Waals surface area contributed by atoms with E-state index in [0.717, 1.165) is 22.3 Å². The molecule has 3 aliphatic rings. The zero-order chi connectivity index (χ0) is 25.3. The molecule has 3 aromatic carbocycles. The van der Waals surface area contributed by atoms with Gasteiger partial charge in [0.2, 0.25) is 0 Å². The fourth-order valence-corrected chi connectivity index (χ4v) is 6.45. The van der Waals surface area contributed by atoms with Gasteiger partial charge in [-0.25, -0.2) is 8.42 Å². The maximum Gasteiger partial charge on any atom is 0.417 e. The Morgan fingerprint density at radius 2 is 1.40 bits per heavy atom. The highest BCUT2D eigenvalue weighted by molar-refractivity contribution is 7.85. The molecule has 0 heterocycles. The van der Waals surface area contributed by atoms with E-state index in [4.69, 9.17) is 4.74 Å². The molecule has 9 heteroatoms. The third-order valence-corrected chi connectivity index (χ3v) is 7.99. The van der Waals surface area contributed by atoms with Gasteiger partial charge >= 0.3 is 12.1 Å². The molecule has 0 N–H and O–H groups in total.